The van der Waals surface area contributed by atoms with Crippen molar-refractivity contribution in [2.75, 3.05) is 17.7 Å². The van der Waals surface area contributed by atoms with Crippen molar-refractivity contribution in [2.45, 2.75) is 20.3 Å². The molecule has 0 spiro atoms. The maximum atomic E-state index is 11.5. The van der Waals surface area contributed by atoms with E-state index in [0.717, 1.165) is 23.4 Å². The topological polar surface area (TPSA) is 89.0 Å². The van der Waals surface area contributed by atoms with Crippen LogP contribution in [0.3, 0.4) is 0 Å². The first-order chi connectivity index (χ1) is 13.1. The average molecular weight is 363 g/mol. The van der Waals surface area contributed by atoms with Gasteiger partial charge in [-0.15, -0.1) is 5.10 Å². The molecule has 0 aliphatic carbocycles. The number of carbonyl (C=O) groups excluding carboxylic acids is 1. The fraction of sp³-hybridized carbons (Fsp3) is 0.200. The summed E-state index contributed by atoms with van der Waals surface area (Å²) in [5.41, 5.74) is 4.57. The lowest BCUT2D eigenvalue weighted by Crippen LogP contribution is -2.05. The Morgan fingerprint density at radius 2 is 1.89 bits per heavy atom. The van der Waals surface area contributed by atoms with Gasteiger partial charge >= 0.3 is 5.97 Å². The number of carbonyl (C=O) groups is 1. The van der Waals surface area contributed by atoms with Crippen molar-refractivity contribution >= 4 is 29.1 Å². The van der Waals surface area contributed by atoms with E-state index < -0.39 is 0 Å². The van der Waals surface area contributed by atoms with Crippen molar-refractivity contribution in [3.05, 3.63) is 65.4 Å². The van der Waals surface area contributed by atoms with E-state index in [-0.39, 0.29) is 5.97 Å². The number of nitrogens with zero attached hydrogens (tertiary/aromatic N) is 3. The zero-order valence-electron chi connectivity index (χ0n) is 15.5. The minimum atomic E-state index is -0.373. The predicted octanol–water partition coefficient (Wildman–Crippen LogP) is 4.02. The Balaban J connectivity index is 1.77. The number of anilines is 4. The summed E-state index contributed by atoms with van der Waals surface area (Å²) in [6.07, 6.45) is 2.44. The smallest absolute Gasteiger partial charge is 0.337 e. The van der Waals surface area contributed by atoms with Crippen LogP contribution in [0.25, 0.3) is 0 Å². The van der Waals surface area contributed by atoms with E-state index in [1.807, 2.05) is 19.1 Å². The molecule has 0 atom stereocenters. The summed E-state index contributed by atoms with van der Waals surface area (Å²) in [5, 5.41) is 14.5. The van der Waals surface area contributed by atoms with Gasteiger partial charge in [0.15, 0.2) is 5.82 Å². The first-order valence-electron chi connectivity index (χ1n) is 8.61. The third kappa shape index (κ3) is 4.38. The maximum absolute atomic E-state index is 11.5. The number of hydrogen-bond acceptors (Lipinski definition) is 7. The van der Waals surface area contributed by atoms with E-state index in [1.165, 1.54) is 18.9 Å². The van der Waals surface area contributed by atoms with Crippen LogP contribution in [0.4, 0.5) is 23.1 Å². The summed E-state index contributed by atoms with van der Waals surface area (Å²) >= 11 is 0. The molecule has 0 fully saturated rings. The van der Waals surface area contributed by atoms with Crippen LogP contribution in [0.2, 0.25) is 0 Å². The molecule has 2 aromatic carbocycles. The number of para-hydroxylation sites is 1. The molecule has 2 N–H and O–H groups in total. The Morgan fingerprint density at radius 3 is 2.59 bits per heavy atom. The third-order valence-electron chi connectivity index (χ3n) is 4.11. The molecule has 7 nitrogen and oxygen atoms in total. The lowest BCUT2D eigenvalue weighted by Gasteiger charge is -2.13. The molecule has 3 aromatic rings. The van der Waals surface area contributed by atoms with E-state index in [4.69, 9.17) is 4.74 Å². The predicted molar refractivity (Wildman–Crippen MR) is 105 cm³/mol. The Kier molecular flexibility index (Phi) is 5.61. The standard InChI is InChI=1S/C20H21N5O2/c1-4-14-7-5-6-13(2)18(14)24-20-23-17(12-21-25-20)22-16-10-8-15(9-11-16)19(26)27-3/h5-12H,4H2,1-3H3,(H2,22,23,24,25). The molecule has 0 aliphatic rings. The van der Waals surface area contributed by atoms with E-state index in [0.29, 0.717) is 17.3 Å². The molecular formula is C20H21N5O2. The third-order valence-corrected chi connectivity index (χ3v) is 4.11. The summed E-state index contributed by atoms with van der Waals surface area (Å²) < 4.78 is 4.70. The van der Waals surface area contributed by atoms with Crippen molar-refractivity contribution in [3.8, 4) is 0 Å². The number of rotatable bonds is 6. The van der Waals surface area contributed by atoms with Crippen LogP contribution >= 0.6 is 0 Å². The molecule has 1 heterocycles. The molecule has 3 rings (SSSR count). The van der Waals surface area contributed by atoms with Crippen LogP contribution in [-0.4, -0.2) is 28.3 Å². The first kappa shape index (κ1) is 18.3. The molecule has 27 heavy (non-hydrogen) atoms. The summed E-state index contributed by atoms with van der Waals surface area (Å²) in [5.74, 6) is 0.585. The van der Waals surface area contributed by atoms with E-state index >= 15 is 0 Å². The van der Waals surface area contributed by atoms with Gasteiger partial charge in [-0.25, -0.2) is 4.79 Å². The van der Waals surface area contributed by atoms with Gasteiger partial charge in [-0.3, -0.25) is 0 Å². The molecule has 0 unspecified atom stereocenters. The van der Waals surface area contributed by atoms with Gasteiger partial charge in [-0.1, -0.05) is 25.1 Å². The summed E-state index contributed by atoms with van der Waals surface area (Å²) in [4.78, 5) is 16.0. The summed E-state index contributed by atoms with van der Waals surface area (Å²) in [7, 11) is 1.36. The zero-order chi connectivity index (χ0) is 19.2. The molecule has 138 valence electrons. The Labute approximate surface area is 157 Å². The lowest BCUT2D eigenvalue weighted by atomic mass is 10.1. The van der Waals surface area contributed by atoms with Crippen molar-refractivity contribution in [1.82, 2.24) is 15.2 Å². The number of ether oxygens (including phenoxy) is 1. The highest BCUT2D eigenvalue weighted by Gasteiger charge is 2.08. The number of aryl methyl sites for hydroxylation is 2. The first-order valence-corrected chi connectivity index (χ1v) is 8.61. The minimum absolute atomic E-state index is 0.373. The second-order valence-corrected chi connectivity index (χ2v) is 5.95. The van der Waals surface area contributed by atoms with Gasteiger partial charge in [0.25, 0.3) is 0 Å². The lowest BCUT2D eigenvalue weighted by molar-refractivity contribution is 0.0601. The van der Waals surface area contributed by atoms with Crippen LogP contribution < -0.4 is 10.6 Å². The van der Waals surface area contributed by atoms with Gasteiger partial charge in [-0.05, 0) is 48.7 Å². The Hall–Kier alpha value is -3.48. The van der Waals surface area contributed by atoms with Crippen LogP contribution in [0.15, 0.2) is 48.7 Å². The highest BCUT2D eigenvalue weighted by molar-refractivity contribution is 5.89. The van der Waals surface area contributed by atoms with Gasteiger partial charge in [-0.2, -0.15) is 10.1 Å². The maximum Gasteiger partial charge on any atom is 0.337 e. The van der Waals surface area contributed by atoms with Crippen molar-refractivity contribution < 1.29 is 9.53 Å². The zero-order valence-corrected chi connectivity index (χ0v) is 15.5. The largest absolute Gasteiger partial charge is 0.465 e. The molecule has 0 bridgehead atoms. The Bertz CT molecular complexity index is 941. The molecular weight excluding hydrogens is 342 g/mol. The molecule has 0 radical (unpaired) electrons. The van der Waals surface area contributed by atoms with Crippen LogP contribution in [0.1, 0.15) is 28.4 Å². The number of benzene rings is 2. The second-order valence-electron chi connectivity index (χ2n) is 5.95. The van der Waals surface area contributed by atoms with Gasteiger partial charge in [0.2, 0.25) is 5.95 Å². The second kappa shape index (κ2) is 8.27. The SMILES string of the molecule is CCc1cccc(C)c1Nc1nncc(Nc2ccc(C(=O)OC)cc2)n1. The normalized spacial score (nSPS) is 10.3. The van der Waals surface area contributed by atoms with Crippen molar-refractivity contribution in [1.29, 1.82) is 0 Å². The van der Waals surface area contributed by atoms with Crippen LogP contribution in [0.5, 0.6) is 0 Å². The fourth-order valence-corrected chi connectivity index (χ4v) is 2.69. The van der Waals surface area contributed by atoms with Gasteiger partial charge < -0.3 is 15.4 Å². The van der Waals surface area contributed by atoms with E-state index in [2.05, 4.69) is 38.8 Å². The monoisotopic (exact) mass is 363 g/mol. The average Bonchev–Trinajstić information content (AvgIpc) is 2.70. The van der Waals surface area contributed by atoms with Gasteiger partial charge in [0.1, 0.15) is 0 Å². The molecule has 0 amide bonds. The quantitative estimate of drug-likeness (QED) is 0.639. The number of methoxy groups -OCH3 is 1. The summed E-state index contributed by atoms with van der Waals surface area (Å²) in [6, 6.07) is 13.1. The number of nitrogens with one attached hydrogen (secondary N) is 2. The van der Waals surface area contributed by atoms with Gasteiger partial charge in [0.05, 0.1) is 18.9 Å². The molecule has 7 heteroatoms. The minimum Gasteiger partial charge on any atom is -0.465 e. The molecule has 1 aromatic heterocycles. The number of esters is 1. The van der Waals surface area contributed by atoms with Gasteiger partial charge in [0, 0.05) is 11.4 Å². The van der Waals surface area contributed by atoms with E-state index in [9.17, 15) is 4.79 Å². The molecule has 0 saturated carbocycles. The number of hydrogen-bond donors (Lipinski definition) is 2. The Morgan fingerprint density at radius 1 is 1.11 bits per heavy atom. The highest BCUT2D eigenvalue weighted by Crippen LogP contribution is 2.24. The van der Waals surface area contributed by atoms with Crippen molar-refractivity contribution in [3.63, 3.8) is 0 Å². The van der Waals surface area contributed by atoms with Crippen LogP contribution in [-0.2, 0) is 11.2 Å². The molecule has 0 saturated heterocycles. The highest BCUT2D eigenvalue weighted by atomic mass is 16.5. The van der Waals surface area contributed by atoms with Crippen molar-refractivity contribution in [2.24, 2.45) is 0 Å². The van der Waals surface area contributed by atoms with E-state index in [1.54, 1.807) is 24.3 Å². The molecule has 0 aliphatic heterocycles. The number of aromatic nitrogens is 3. The van der Waals surface area contributed by atoms with Crippen LogP contribution in [0, 0.1) is 6.92 Å². The summed E-state index contributed by atoms with van der Waals surface area (Å²) in [6.45, 7) is 4.15. The fourth-order valence-electron chi connectivity index (χ4n) is 2.69.